The molecule has 1 amide bonds. The Kier molecular flexibility index (Phi) is 5.90. The number of nitrogens with zero attached hydrogens (tertiary/aromatic N) is 4. The molecule has 1 saturated heterocycles. The lowest BCUT2D eigenvalue weighted by atomic mass is 10.1. The zero-order valence-corrected chi connectivity index (χ0v) is 16.6. The Labute approximate surface area is 151 Å². The van der Waals surface area contributed by atoms with Gasteiger partial charge in [0.05, 0.1) is 6.20 Å². The number of rotatable bonds is 3. The third kappa shape index (κ3) is 5.22. The van der Waals surface area contributed by atoms with Crippen LogP contribution in [0.25, 0.3) is 0 Å². The predicted molar refractivity (Wildman–Crippen MR) is 98.5 cm³/mol. The molecule has 2 rings (SSSR count). The van der Waals surface area contributed by atoms with Crippen LogP contribution in [-0.4, -0.2) is 59.8 Å². The number of amides is 1. The number of ether oxygens (including phenoxy) is 1. The summed E-state index contributed by atoms with van der Waals surface area (Å²) in [7, 11) is 3.86. The van der Waals surface area contributed by atoms with Gasteiger partial charge >= 0.3 is 6.09 Å². The van der Waals surface area contributed by atoms with Crippen molar-refractivity contribution in [2.45, 2.75) is 45.3 Å². The van der Waals surface area contributed by atoms with Gasteiger partial charge in [-0.25, -0.2) is 14.8 Å². The zero-order valence-electron chi connectivity index (χ0n) is 15.0. The normalized spacial score (nSPS) is 18.2. The first kappa shape index (κ1) is 18.8. The van der Waals surface area contributed by atoms with E-state index in [1.54, 1.807) is 11.1 Å². The molecule has 24 heavy (non-hydrogen) atoms. The molecule has 1 aromatic heterocycles. The summed E-state index contributed by atoms with van der Waals surface area (Å²) in [5.74, 6) is 1.48. The highest BCUT2D eigenvalue weighted by atomic mass is 79.9. The lowest BCUT2D eigenvalue weighted by molar-refractivity contribution is 0.0206. The van der Waals surface area contributed by atoms with Crippen molar-refractivity contribution in [1.82, 2.24) is 14.9 Å². The number of aromatic nitrogens is 2. The average molecular weight is 400 g/mol. The largest absolute Gasteiger partial charge is 0.444 e. The van der Waals surface area contributed by atoms with Gasteiger partial charge in [0.15, 0.2) is 11.6 Å². The Balaban J connectivity index is 2.06. The number of anilines is 2. The van der Waals surface area contributed by atoms with Gasteiger partial charge in [-0.15, -0.1) is 0 Å². The summed E-state index contributed by atoms with van der Waals surface area (Å²) < 4.78 is 6.15. The number of hydrogen-bond acceptors (Lipinski definition) is 6. The maximum absolute atomic E-state index is 12.3. The van der Waals surface area contributed by atoms with E-state index in [-0.39, 0.29) is 12.1 Å². The van der Waals surface area contributed by atoms with Crippen molar-refractivity contribution >= 4 is 33.7 Å². The summed E-state index contributed by atoms with van der Waals surface area (Å²) >= 11 is 3.36. The molecule has 0 spiro atoms. The Hall–Kier alpha value is -1.57. The van der Waals surface area contributed by atoms with Crippen molar-refractivity contribution in [2.75, 3.05) is 37.4 Å². The third-order valence-electron chi connectivity index (χ3n) is 3.56. The van der Waals surface area contributed by atoms with Crippen LogP contribution in [0.15, 0.2) is 10.8 Å². The quantitative estimate of drug-likeness (QED) is 0.841. The molecule has 1 aromatic rings. The van der Waals surface area contributed by atoms with Crippen molar-refractivity contribution in [3.8, 4) is 0 Å². The highest BCUT2D eigenvalue weighted by Gasteiger charge is 2.28. The zero-order chi connectivity index (χ0) is 17.9. The molecule has 1 aliphatic rings. The van der Waals surface area contributed by atoms with Gasteiger partial charge in [0.25, 0.3) is 0 Å². The Bertz CT molecular complexity index is 588. The first-order chi connectivity index (χ1) is 11.2. The summed E-state index contributed by atoms with van der Waals surface area (Å²) in [6, 6.07) is 0.119. The second-order valence-corrected chi connectivity index (χ2v) is 7.98. The molecule has 0 saturated carbocycles. The number of nitrogens with one attached hydrogen (secondary N) is 1. The summed E-state index contributed by atoms with van der Waals surface area (Å²) in [6.07, 6.45) is 3.31. The van der Waals surface area contributed by atoms with Crippen molar-refractivity contribution in [2.24, 2.45) is 0 Å². The van der Waals surface area contributed by atoms with Crippen LogP contribution in [0, 0.1) is 0 Å². The van der Waals surface area contributed by atoms with E-state index in [2.05, 4.69) is 31.2 Å². The number of carbonyl (C=O) groups excluding carboxylic acids is 1. The van der Waals surface area contributed by atoms with Crippen LogP contribution >= 0.6 is 15.9 Å². The number of piperidine rings is 1. The average Bonchev–Trinajstić information content (AvgIpc) is 2.45. The minimum atomic E-state index is -0.481. The second kappa shape index (κ2) is 7.55. The Morgan fingerprint density at radius 3 is 2.79 bits per heavy atom. The SMILES string of the molecule is CN(C)c1ncc(Br)nc1NC1CCCN(C(=O)OC(C)(C)C)C1. The van der Waals surface area contributed by atoms with Crippen LogP contribution in [-0.2, 0) is 4.74 Å². The van der Waals surface area contributed by atoms with E-state index in [1.165, 1.54) is 0 Å². The van der Waals surface area contributed by atoms with Crippen molar-refractivity contribution < 1.29 is 9.53 Å². The number of carbonyl (C=O) groups is 1. The van der Waals surface area contributed by atoms with Gasteiger partial charge in [-0.2, -0.15) is 0 Å². The molecular weight excluding hydrogens is 374 g/mol. The highest BCUT2D eigenvalue weighted by Crippen LogP contribution is 2.24. The van der Waals surface area contributed by atoms with Gasteiger partial charge in [-0.1, -0.05) is 0 Å². The van der Waals surface area contributed by atoms with Gasteiger partial charge in [0.1, 0.15) is 10.2 Å². The van der Waals surface area contributed by atoms with Crippen molar-refractivity contribution in [3.63, 3.8) is 0 Å². The van der Waals surface area contributed by atoms with E-state index in [1.807, 2.05) is 39.8 Å². The smallest absolute Gasteiger partial charge is 0.410 e. The topological polar surface area (TPSA) is 70.6 Å². The van der Waals surface area contributed by atoms with Gasteiger partial charge in [-0.05, 0) is 49.5 Å². The van der Waals surface area contributed by atoms with Crippen LogP contribution in [0.1, 0.15) is 33.6 Å². The molecule has 1 aliphatic heterocycles. The minimum absolute atomic E-state index is 0.119. The van der Waals surface area contributed by atoms with Gasteiger partial charge in [0.2, 0.25) is 0 Å². The fraction of sp³-hybridized carbons (Fsp3) is 0.688. The monoisotopic (exact) mass is 399 g/mol. The molecule has 2 heterocycles. The second-order valence-electron chi connectivity index (χ2n) is 7.17. The minimum Gasteiger partial charge on any atom is -0.444 e. The van der Waals surface area contributed by atoms with Gasteiger partial charge < -0.3 is 19.9 Å². The molecule has 0 bridgehead atoms. The van der Waals surface area contributed by atoms with E-state index >= 15 is 0 Å². The van der Waals surface area contributed by atoms with Crippen LogP contribution in [0.3, 0.4) is 0 Å². The fourth-order valence-corrected chi connectivity index (χ4v) is 2.85. The number of halogens is 1. The molecule has 1 fully saturated rings. The molecule has 1 N–H and O–H groups in total. The molecule has 0 aromatic carbocycles. The maximum atomic E-state index is 12.3. The Morgan fingerprint density at radius 1 is 1.46 bits per heavy atom. The van der Waals surface area contributed by atoms with Gasteiger partial charge in [0, 0.05) is 33.2 Å². The summed E-state index contributed by atoms with van der Waals surface area (Å²) in [4.78, 5) is 24.8. The molecule has 7 nitrogen and oxygen atoms in total. The fourth-order valence-electron chi connectivity index (χ4n) is 2.57. The van der Waals surface area contributed by atoms with Crippen LogP contribution < -0.4 is 10.2 Å². The lowest BCUT2D eigenvalue weighted by Crippen LogP contribution is -2.47. The van der Waals surface area contributed by atoms with Crippen LogP contribution in [0.4, 0.5) is 16.4 Å². The van der Waals surface area contributed by atoms with Crippen LogP contribution in [0.2, 0.25) is 0 Å². The van der Waals surface area contributed by atoms with E-state index < -0.39 is 5.60 Å². The van der Waals surface area contributed by atoms with Crippen LogP contribution in [0.5, 0.6) is 0 Å². The number of likely N-dealkylation sites (tertiary alicyclic amines) is 1. The van der Waals surface area contributed by atoms with Gasteiger partial charge in [-0.3, -0.25) is 0 Å². The summed E-state index contributed by atoms with van der Waals surface area (Å²) in [5.41, 5.74) is -0.481. The van der Waals surface area contributed by atoms with E-state index in [0.717, 1.165) is 25.2 Å². The van der Waals surface area contributed by atoms with E-state index in [4.69, 9.17) is 4.74 Å². The molecule has 1 atom stereocenters. The standard InChI is InChI=1S/C16H26BrN5O2/c1-16(2,3)24-15(23)22-8-6-7-11(10-22)19-13-14(21(4)5)18-9-12(17)20-13/h9,11H,6-8,10H2,1-5H3,(H,19,20). The predicted octanol–water partition coefficient (Wildman–Crippen LogP) is 3.12. The maximum Gasteiger partial charge on any atom is 0.410 e. The summed E-state index contributed by atoms with van der Waals surface area (Å²) in [6.45, 7) is 6.95. The highest BCUT2D eigenvalue weighted by molar-refractivity contribution is 9.10. The third-order valence-corrected chi connectivity index (χ3v) is 3.94. The molecule has 0 aliphatic carbocycles. The molecular formula is C16H26BrN5O2. The first-order valence-corrected chi connectivity index (χ1v) is 8.89. The Morgan fingerprint density at radius 2 is 2.17 bits per heavy atom. The number of hydrogen-bond donors (Lipinski definition) is 1. The molecule has 134 valence electrons. The lowest BCUT2D eigenvalue weighted by Gasteiger charge is -2.35. The molecule has 1 unspecified atom stereocenters. The molecule has 0 radical (unpaired) electrons. The van der Waals surface area contributed by atoms with E-state index in [0.29, 0.717) is 17.0 Å². The first-order valence-electron chi connectivity index (χ1n) is 8.10. The molecule has 8 heteroatoms. The summed E-state index contributed by atoms with van der Waals surface area (Å²) in [5, 5.41) is 3.42. The van der Waals surface area contributed by atoms with E-state index in [9.17, 15) is 4.79 Å². The van der Waals surface area contributed by atoms with Crippen molar-refractivity contribution in [1.29, 1.82) is 0 Å². The van der Waals surface area contributed by atoms with Crippen molar-refractivity contribution in [3.05, 3.63) is 10.8 Å².